The predicted molar refractivity (Wildman–Crippen MR) is 101 cm³/mol. The molecule has 2 aromatic carbocycles. The molecule has 0 bridgehead atoms. The molecule has 0 radical (unpaired) electrons. The van der Waals surface area contributed by atoms with Gasteiger partial charge < -0.3 is 5.11 Å². The first kappa shape index (κ1) is 17.9. The van der Waals surface area contributed by atoms with Gasteiger partial charge in [0.15, 0.2) is 12.5 Å². The number of anilines is 1. The van der Waals surface area contributed by atoms with Crippen LogP contribution in [0.3, 0.4) is 0 Å². The van der Waals surface area contributed by atoms with Crippen molar-refractivity contribution < 1.29 is 18.8 Å². The van der Waals surface area contributed by atoms with Crippen LogP contribution in [0.1, 0.15) is 18.1 Å². The zero-order valence-electron chi connectivity index (χ0n) is 14.5. The smallest absolute Gasteiger partial charge is 0.234 e. The number of allylic oxidation sites excluding steroid dienone is 1. The molecule has 4 rings (SSSR count). The van der Waals surface area contributed by atoms with Gasteiger partial charge in [-0.05, 0) is 24.3 Å². The molecule has 0 saturated carbocycles. The van der Waals surface area contributed by atoms with E-state index in [2.05, 4.69) is 0 Å². The average molecular weight is 389 g/mol. The van der Waals surface area contributed by atoms with Gasteiger partial charge in [-0.15, -0.1) is 0 Å². The molecule has 2 aliphatic heterocycles. The van der Waals surface area contributed by atoms with E-state index in [1.807, 2.05) is 25.1 Å². The van der Waals surface area contributed by atoms with Crippen LogP contribution in [0.25, 0.3) is 5.70 Å². The summed E-state index contributed by atoms with van der Waals surface area (Å²) in [5.41, 5.74) is 2.64. The van der Waals surface area contributed by atoms with Crippen molar-refractivity contribution in [3.63, 3.8) is 0 Å². The highest BCUT2D eigenvalue weighted by atomic mass is 35.5. The maximum atomic E-state index is 14.6. The average Bonchev–Trinajstić information content (AvgIpc) is 2.98. The molecule has 0 spiro atoms. The summed E-state index contributed by atoms with van der Waals surface area (Å²) < 4.78 is 28.3. The lowest BCUT2D eigenvalue weighted by atomic mass is 10.1. The van der Waals surface area contributed by atoms with Crippen molar-refractivity contribution in [3.8, 4) is 0 Å². The van der Waals surface area contributed by atoms with Crippen LogP contribution in [0.5, 0.6) is 0 Å². The van der Waals surface area contributed by atoms with Gasteiger partial charge in [-0.25, -0.2) is 13.7 Å². The molecule has 1 atom stereocenters. The van der Waals surface area contributed by atoms with Crippen molar-refractivity contribution in [2.75, 3.05) is 11.6 Å². The minimum Gasteiger partial charge on any atom is -0.391 e. The van der Waals surface area contributed by atoms with Gasteiger partial charge >= 0.3 is 0 Å². The van der Waals surface area contributed by atoms with Gasteiger partial charge in [0.25, 0.3) is 0 Å². The normalized spacial score (nSPS) is 18.8. The molecule has 2 heterocycles. The van der Waals surface area contributed by atoms with E-state index in [0.29, 0.717) is 11.7 Å². The second kappa shape index (κ2) is 6.88. The number of benzene rings is 2. The molecule has 138 valence electrons. The zero-order chi connectivity index (χ0) is 19.1. The number of fused-ring (bicyclic) bond motifs is 1. The number of aliphatic imine (C=N–C) groups is 1. The molecule has 4 nitrogen and oxygen atoms in total. The van der Waals surface area contributed by atoms with Crippen LogP contribution in [0.4, 0.5) is 14.5 Å². The molecular weight excluding hydrogens is 372 g/mol. The Hall–Kier alpha value is -2.54. The van der Waals surface area contributed by atoms with Crippen LogP contribution < -0.4 is 9.80 Å². The number of aliphatic hydroxyl groups is 1. The summed E-state index contributed by atoms with van der Waals surface area (Å²) in [7, 11) is 0. The Morgan fingerprint density at radius 1 is 1.26 bits per heavy atom. The van der Waals surface area contributed by atoms with Crippen molar-refractivity contribution >= 4 is 28.8 Å². The largest absolute Gasteiger partial charge is 0.391 e. The van der Waals surface area contributed by atoms with Crippen molar-refractivity contribution in [2.45, 2.75) is 13.5 Å². The minimum atomic E-state index is -0.755. The maximum absolute atomic E-state index is 14.6. The van der Waals surface area contributed by atoms with Crippen LogP contribution in [0.2, 0.25) is 5.02 Å². The second-order valence-corrected chi connectivity index (χ2v) is 6.86. The van der Waals surface area contributed by atoms with Crippen molar-refractivity contribution in [2.24, 2.45) is 4.99 Å². The van der Waals surface area contributed by atoms with Gasteiger partial charge in [-0.3, -0.25) is 4.90 Å². The van der Waals surface area contributed by atoms with Crippen molar-refractivity contribution in [3.05, 3.63) is 82.2 Å². The Bertz CT molecular complexity index is 1020. The molecular formula is C20H17ClF2N3O+. The molecule has 2 aliphatic rings. The SMILES string of the molecule is CC1=C(c2cccc(Cl)c2)N=C2C=CN(c3ccc(F)c(CO)c3F)C[NH+]21. The van der Waals surface area contributed by atoms with E-state index in [9.17, 15) is 13.9 Å². The fourth-order valence-corrected chi connectivity index (χ4v) is 3.55. The standard InChI is InChI=1S/C20H16ClF2N3O/c1-12-20(13-3-2-4-14(21)9-13)24-18-7-8-25(11-26(12)18)17-6-5-16(22)15(10-27)19(17)23/h2-9,27H,10-11H2,1H3/p+1. The lowest BCUT2D eigenvalue weighted by Gasteiger charge is -2.28. The molecule has 27 heavy (non-hydrogen) atoms. The highest BCUT2D eigenvalue weighted by molar-refractivity contribution is 6.30. The number of amidine groups is 1. The van der Waals surface area contributed by atoms with Gasteiger partial charge in [0.2, 0.25) is 5.84 Å². The maximum Gasteiger partial charge on any atom is 0.234 e. The van der Waals surface area contributed by atoms with Gasteiger partial charge in [0.1, 0.15) is 17.2 Å². The molecule has 0 fully saturated rings. The van der Waals surface area contributed by atoms with Gasteiger partial charge in [-0.1, -0.05) is 23.7 Å². The first-order valence-corrected chi connectivity index (χ1v) is 8.82. The van der Waals surface area contributed by atoms with E-state index in [0.717, 1.165) is 27.7 Å². The highest BCUT2D eigenvalue weighted by Gasteiger charge is 2.34. The Balaban J connectivity index is 1.68. The van der Waals surface area contributed by atoms with Gasteiger partial charge in [0, 0.05) is 29.8 Å². The lowest BCUT2D eigenvalue weighted by molar-refractivity contribution is -0.757. The van der Waals surface area contributed by atoms with E-state index in [-0.39, 0.29) is 11.3 Å². The minimum absolute atomic E-state index is 0.215. The molecule has 2 N–H and O–H groups in total. The summed E-state index contributed by atoms with van der Waals surface area (Å²) in [6, 6.07) is 10.0. The number of halogens is 3. The summed E-state index contributed by atoms with van der Waals surface area (Å²) in [6.45, 7) is 1.68. The zero-order valence-corrected chi connectivity index (χ0v) is 15.3. The van der Waals surface area contributed by atoms with Crippen LogP contribution in [-0.2, 0) is 6.61 Å². The second-order valence-electron chi connectivity index (χ2n) is 6.42. The van der Waals surface area contributed by atoms with E-state index in [4.69, 9.17) is 16.6 Å². The third-order valence-electron chi connectivity index (χ3n) is 4.82. The third kappa shape index (κ3) is 3.06. The third-order valence-corrected chi connectivity index (χ3v) is 5.06. The van der Waals surface area contributed by atoms with Crippen LogP contribution in [0.15, 0.2) is 59.4 Å². The number of quaternary nitrogens is 1. The quantitative estimate of drug-likeness (QED) is 0.848. The lowest BCUT2D eigenvalue weighted by Crippen LogP contribution is -3.13. The number of hydrogen-bond acceptors (Lipinski definition) is 3. The van der Waals surface area contributed by atoms with Gasteiger partial charge in [-0.2, -0.15) is 4.99 Å². The van der Waals surface area contributed by atoms with Crippen LogP contribution in [-0.4, -0.2) is 17.6 Å². The Labute approximate surface area is 160 Å². The molecule has 7 heteroatoms. The fourth-order valence-electron chi connectivity index (χ4n) is 3.36. The fraction of sp³-hybridized carbons (Fsp3) is 0.150. The number of nitrogens with one attached hydrogen (secondary N) is 1. The van der Waals surface area contributed by atoms with Crippen molar-refractivity contribution in [1.29, 1.82) is 0 Å². The van der Waals surface area contributed by atoms with Gasteiger partial charge in [0.05, 0.1) is 17.9 Å². The topological polar surface area (TPSA) is 40.3 Å². The molecule has 0 saturated heterocycles. The number of nitrogens with zero attached hydrogens (tertiary/aromatic N) is 2. The monoisotopic (exact) mass is 388 g/mol. The van der Waals surface area contributed by atoms with Crippen LogP contribution in [0, 0.1) is 11.6 Å². The predicted octanol–water partition coefficient (Wildman–Crippen LogP) is 3.09. The first-order valence-electron chi connectivity index (χ1n) is 8.44. The molecule has 2 aromatic rings. The summed E-state index contributed by atoms with van der Waals surface area (Å²) in [5, 5.41) is 9.87. The molecule has 1 unspecified atom stereocenters. The number of rotatable bonds is 3. The van der Waals surface area contributed by atoms with E-state index in [1.54, 1.807) is 23.2 Å². The number of hydrogen-bond donors (Lipinski definition) is 2. The molecule has 0 aliphatic carbocycles. The Morgan fingerprint density at radius 3 is 2.81 bits per heavy atom. The summed E-state index contributed by atoms with van der Waals surface area (Å²) in [4.78, 5) is 7.36. The molecule has 0 aromatic heterocycles. The summed E-state index contributed by atoms with van der Waals surface area (Å²) in [6.07, 6.45) is 3.52. The Morgan fingerprint density at radius 2 is 2.07 bits per heavy atom. The Kier molecular flexibility index (Phi) is 4.55. The first-order chi connectivity index (χ1) is 13.0. The molecule has 0 amide bonds. The highest BCUT2D eigenvalue weighted by Crippen LogP contribution is 2.27. The van der Waals surface area contributed by atoms with Crippen LogP contribution >= 0.6 is 11.6 Å². The van der Waals surface area contributed by atoms with Crippen molar-refractivity contribution in [1.82, 2.24) is 0 Å². The summed E-state index contributed by atoms with van der Waals surface area (Å²) in [5.74, 6) is -0.684. The van der Waals surface area contributed by atoms with E-state index >= 15 is 0 Å². The summed E-state index contributed by atoms with van der Waals surface area (Å²) >= 11 is 6.09. The number of aliphatic hydroxyl groups excluding tert-OH is 1. The van der Waals surface area contributed by atoms with E-state index < -0.39 is 18.2 Å². The van der Waals surface area contributed by atoms with E-state index in [1.165, 1.54) is 12.1 Å².